The molecule has 1 aliphatic rings. The SMILES string of the molecule is NCc1ccc2c(c1)Cc1c(-c3ccccc3)n[nH]c1-2. The Morgan fingerprint density at radius 2 is 1.95 bits per heavy atom. The molecule has 3 nitrogen and oxygen atoms in total. The molecule has 3 N–H and O–H groups in total. The average molecular weight is 261 g/mol. The molecule has 1 aliphatic carbocycles. The summed E-state index contributed by atoms with van der Waals surface area (Å²) in [6, 6.07) is 16.8. The summed E-state index contributed by atoms with van der Waals surface area (Å²) in [5, 5.41) is 7.70. The number of hydrogen-bond donors (Lipinski definition) is 2. The third-order valence-electron chi connectivity index (χ3n) is 3.96. The van der Waals surface area contributed by atoms with Gasteiger partial charge in [0, 0.05) is 29.7 Å². The van der Waals surface area contributed by atoms with Crippen molar-refractivity contribution in [1.82, 2.24) is 10.2 Å². The fraction of sp³-hybridized carbons (Fsp3) is 0.118. The van der Waals surface area contributed by atoms with Crippen molar-refractivity contribution in [2.75, 3.05) is 0 Å². The van der Waals surface area contributed by atoms with Crippen LogP contribution in [0.2, 0.25) is 0 Å². The first-order chi connectivity index (χ1) is 9.86. The zero-order valence-electron chi connectivity index (χ0n) is 11.1. The van der Waals surface area contributed by atoms with Crippen LogP contribution in [0, 0.1) is 0 Å². The summed E-state index contributed by atoms with van der Waals surface area (Å²) in [6.45, 7) is 0.588. The standard InChI is InChI=1S/C17H15N3/c18-10-11-6-7-14-13(8-11)9-15-16(19-20-17(14)15)12-4-2-1-3-5-12/h1-8H,9-10,18H2,(H,19,20). The molecule has 2 aromatic carbocycles. The van der Waals surface area contributed by atoms with Crippen LogP contribution in [0.25, 0.3) is 22.5 Å². The Bertz CT molecular complexity index is 772. The fourth-order valence-corrected chi connectivity index (χ4v) is 2.95. The Morgan fingerprint density at radius 3 is 2.75 bits per heavy atom. The number of nitrogens with zero attached hydrogens (tertiary/aromatic N) is 1. The van der Waals surface area contributed by atoms with E-state index in [1.807, 2.05) is 18.2 Å². The van der Waals surface area contributed by atoms with Gasteiger partial charge in [-0.2, -0.15) is 5.10 Å². The highest BCUT2D eigenvalue weighted by Crippen LogP contribution is 2.40. The van der Waals surface area contributed by atoms with E-state index in [0.29, 0.717) is 6.54 Å². The lowest BCUT2D eigenvalue weighted by molar-refractivity contribution is 1.06. The summed E-state index contributed by atoms with van der Waals surface area (Å²) in [5.74, 6) is 0. The van der Waals surface area contributed by atoms with Gasteiger partial charge in [0.15, 0.2) is 0 Å². The first-order valence-electron chi connectivity index (χ1n) is 6.81. The molecule has 98 valence electrons. The first-order valence-corrected chi connectivity index (χ1v) is 6.81. The number of fused-ring (bicyclic) bond motifs is 3. The number of nitrogens with two attached hydrogens (primary N) is 1. The van der Waals surface area contributed by atoms with Gasteiger partial charge in [0.05, 0.1) is 11.4 Å². The van der Waals surface area contributed by atoms with Gasteiger partial charge in [-0.1, -0.05) is 48.5 Å². The highest BCUT2D eigenvalue weighted by Gasteiger charge is 2.24. The van der Waals surface area contributed by atoms with Crippen molar-refractivity contribution in [2.45, 2.75) is 13.0 Å². The Hall–Kier alpha value is -2.39. The van der Waals surface area contributed by atoms with E-state index >= 15 is 0 Å². The quantitative estimate of drug-likeness (QED) is 0.582. The predicted molar refractivity (Wildman–Crippen MR) is 80.2 cm³/mol. The van der Waals surface area contributed by atoms with Crippen molar-refractivity contribution in [3.05, 3.63) is 65.2 Å². The lowest BCUT2D eigenvalue weighted by atomic mass is 10.0. The van der Waals surface area contributed by atoms with E-state index in [1.165, 1.54) is 22.3 Å². The van der Waals surface area contributed by atoms with Gasteiger partial charge in [-0.15, -0.1) is 0 Å². The van der Waals surface area contributed by atoms with Crippen LogP contribution < -0.4 is 5.73 Å². The molecule has 0 atom stereocenters. The molecule has 3 aromatic rings. The molecule has 1 heterocycles. The van der Waals surface area contributed by atoms with Crippen molar-refractivity contribution in [1.29, 1.82) is 0 Å². The Kier molecular flexibility index (Phi) is 2.47. The Balaban J connectivity index is 1.84. The fourth-order valence-electron chi connectivity index (χ4n) is 2.95. The zero-order valence-corrected chi connectivity index (χ0v) is 11.1. The number of benzene rings is 2. The molecular weight excluding hydrogens is 246 g/mol. The summed E-state index contributed by atoms with van der Waals surface area (Å²) in [6.07, 6.45) is 0.930. The molecule has 20 heavy (non-hydrogen) atoms. The third-order valence-corrected chi connectivity index (χ3v) is 3.96. The highest BCUT2D eigenvalue weighted by molar-refractivity contribution is 5.81. The van der Waals surface area contributed by atoms with Crippen LogP contribution in [-0.4, -0.2) is 10.2 Å². The minimum Gasteiger partial charge on any atom is -0.326 e. The summed E-state index contributed by atoms with van der Waals surface area (Å²) in [4.78, 5) is 0. The number of nitrogens with one attached hydrogen (secondary N) is 1. The minimum atomic E-state index is 0.588. The van der Waals surface area contributed by atoms with E-state index in [2.05, 4.69) is 40.5 Å². The largest absolute Gasteiger partial charge is 0.326 e. The van der Waals surface area contributed by atoms with Crippen molar-refractivity contribution >= 4 is 0 Å². The molecule has 0 aliphatic heterocycles. The lowest BCUT2D eigenvalue weighted by Crippen LogP contribution is -1.97. The van der Waals surface area contributed by atoms with E-state index in [1.54, 1.807) is 0 Å². The smallest absolute Gasteiger partial charge is 0.0962 e. The molecule has 4 rings (SSSR count). The van der Waals surface area contributed by atoms with Crippen molar-refractivity contribution < 1.29 is 0 Å². The topological polar surface area (TPSA) is 54.7 Å². The molecule has 3 heteroatoms. The summed E-state index contributed by atoms with van der Waals surface area (Å²) >= 11 is 0. The number of H-pyrrole nitrogens is 1. The van der Waals surface area contributed by atoms with Crippen molar-refractivity contribution in [3.8, 4) is 22.5 Å². The molecule has 0 spiro atoms. The second-order valence-corrected chi connectivity index (χ2v) is 5.16. The molecule has 0 fully saturated rings. The summed E-state index contributed by atoms with van der Waals surface area (Å²) in [5.41, 5.74) is 14.2. The van der Waals surface area contributed by atoms with Crippen LogP contribution in [0.1, 0.15) is 16.7 Å². The molecule has 1 aromatic heterocycles. The van der Waals surface area contributed by atoms with Gasteiger partial charge < -0.3 is 5.73 Å². The second-order valence-electron chi connectivity index (χ2n) is 5.16. The van der Waals surface area contributed by atoms with Crippen LogP contribution in [0.5, 0.6) is 0 Å². The van der Waals surface area contributed by atoms with Gasteiger partial charge in [0.1, 0.15) is 0 Å². The summed E-state index contributed by atoms with van der Waals surface area (Å²) < 4.78 is 0. The molecule has 0 amide bonds. The molecule has 0 unspecified atom stereocenters. The van der Waals surface area contributed by atoms with E-state index < -0.39 is 0 Å². The van der Waals surface area contributed by atoms with E-state index in [0.717, 1.165) is 23.4 Å². The van der Waals surface area contributed by atoms with E-state index in [9.17, 15) is 0 Å². The molecule has 0 saturated heterocycles. The Labute approximate surface area is 117 Å². The molecule has 0 radical (unpaired) electrons. The van der Waals surface area contributed by atoms with Crippen LogP contribution in [0.15, 0.2) is 48.5 Å². The van der Waals surface area contributed by atoms with Crippen LogP contribution >= 0.6 is 0 Å². The van der Waals surface area contributed by atoms with Gasteiger partial charge in [0.25, 0.3) is 0 Å². The normalized spacial score (nSPS) is 12.2. The second kappa shape index (κ2) is 4.32. The van der Waals surface area contributed by atoms with Gasteiger partial charge >= 0.3 is 0 Å². The monoisotopic (exact) mass is 261 g/mol. The van der Waals surface area contributed by atoms with Gasteiger partial charge in [-0.05, 0) is 11.1 Å². The number of aromatic amines is 1. The predicted octanol–water partition coefficient (Wildman–Crippen LogP) is 3.11. The maximum absolute atomic E-state index is 5.73. The van der Waals surface area contributed by atoms with Gasteiger partial charge in [0.2, 0.25) is 0 Å². The Morgan fingerprint density at radius 1 is 1.10 bits per heavy atom. The average Bonchev–Trinajstić information content (AvgIpc) is 3.06. The van der Waals surface area contributed by atoms with Crippen LogP contribution in [0.4, 0.5) is 0 Å². The maximum Gasteiger partial charge on any atom is 0.0962 e. The maximum atomic E-state index is 5.73. The minimum absolute atomic E-state index is 0.588. The molecular formula is C17H15N3. The summed E-state index contributed by atoms with van der Waals surface area (Å²) in [7, 11) is 0. The third kappa shape index (κ3) is 1.60. The van der Waals surface area contributed by atoms with Crippen LogP contribution in [0.3, 0.4) is 0 Å². The number of rotatable bonds is 2. The number of hydrogen-bond acceptors (Lipinski definition) is 2. The van der Waals surface area contributed by atoms with E-state index in [4.69, 9.17) is 5.73 Å². The lowest BCUT2D eigenvalue weighted by Gasteiger charge is -2.02. The van der Waals surface area contributed by atoms with E-state index in [-0.39, 0.29) is 0 Å². The van der Waals surface area contributed by atoms with Gasteiger partial charge in [-0.3, -0.25) is 5.10 Å². The zero-order chi connectivity index (χ0) is 13.5. The van der Waals surface area contributed by atoms with Crippen molar-refractivity contribution in [3.63, 3.8) is 0 Å². The highest BCUT2D eigenvalue weighted by atomic mass is 15.1. The molecule has 0 bridgehead atoms. The van der Waals surface area contributed by atoms with Crippen LogP contribution in [-0.2, 0) is 13.0 Å². The number of aromatic nitrogens is 2. The van der Waals surface area contributed by atoms with Crippen molar-refractivity contribution in [2.24, 2.45) is 5.73 Å². The molecule has 0 saturated carbocycles. The first kappa shape index (κ1) is 11.4. The van der Waals surface area contributed by atoms with Gasteiger partial charge in [-0.25, -0.2) is 0 Å².